The minimum Gasteiger partial charge on any atom is -0.494 e. The highest BCUT2D eigenvalue weighted by Gasteiger charge is 2.18. The van der Waals surface area contributed by atoms with E-state index in [1.165, 1.54) is 40.6 Å². The van der Waals surface area contributed by atoms with Crippen molar-refractivity contribution in [2.24, 2.45) is 0 Å². The van der Waals surface area contributed by atoms with Crippen molar-refractivity contribution in [3.63, 3.8) is 0 Å². The van der Waals surface area contributed by atoms with Crippen LogP contribution in [0.2, 0.25) is 0 Å². The van der Waals surface area contributed by atoms with Gasteiger partial charge in [-0.1, -0.05) is 30.4 Å². The van der Waals surface area contributed by atoms with Gasteiger partial charge in [-0.3, -0.25) is 4.72 Å². The molecule has 0 aliphatic carbocycles. The fraction of sp³-hybridized carbons (Fsp3) is 0.167. The minimum absolute atomic E-state index is 0.0392. The Morgan fingerprint density at radius 3 is 2.00 bits per heavy atom. The van der Waals surface area contributed by atoms with Crippen LogP contribution in [0, 0.1) is 5.82 Å². The van der Waals surface area contributed by atoms with Crippen LogP contribution < -0.4 is 23.7 Å². The number of sulfonamides is 1. The van der Waals surface area contributed by atoms with Crippen molar-refractivity contribution in [2.75, 3.05) is 33.2 Å². The van der Waals surface area contributed by atoms with Gasteiger partial charge >= 0.3 is 0 Å². The number of benzene rings is 3. The molecule has 0 heterocycles. The Kier molecular flexibility index (Phi) is 7.44. The van der Waals surface area contributed by atoms with E-state index in [9.17, 15) is 12.8 Å². The molecule has 0 fully saturated rings. The first kappa shape index (κ1) is 23.9. The lowest BCUT2D eigenvalue weighted by Gasteiger charge is -2.13. The number of hydrogen-bond acceptors (Lipinski definition) is 6. The van der Waals surface area contributed by atoms with E-state index in [1.54, 1.807) is 48.6 Å². The zero-order chi connectivity index (χ0) is 24.0. The van der Waals surface area contributed by atoms with E-state index < -0.39 is 15.8 Å². The molecule has 0 unspecified atom stereocenters. The highest BCUT2D eigenvalue weighted by molar-refractivity contribution is 7.92. The fourth-order valence-corrected chi connectivity index (χ4v) is 4.24. The molecule has 0 bridgehead atoms. The van der Waals surface area contributed by atoms with E-state index >= 15 is 0 Å². The lowest BCUT2D eigenvalue weighted by Crippen LogP contribution is -2.14. The summed E-state index contributed by atoms with van der Waals surface area (Å²) in [6, 6.07) is 13.8. The third-order valence-electron chi connectivity index (χ3n) is 4.78. The van der Waals surface area contributed by atoms with Crippen LogP contribution in [0.3, 0.4) is 0 Å². The van der Waals surface area contributed by atoms with E-state index in [0.29, 0.717) is 28.5 Å². The molecular formula is C24H24FNO6S. The molecule has 0 aliphatic heterocycles. The zero-order valence-corrected chi connectivity index (χ0v) is 19.4. The van der Waals surface area contributed by atoms with E-state index in [2.05, 4.69) is 4.72 Å². The molecule has 0 aromatic heterocycles. The van der Waals surface area contributed by atoms with Crippen LogP contribution in [0.15, 0.2) is 59.5 Å². The van der Waals surface area contributed by atoms with Gasteiger partial charge in [0.25, 0.3) is 10.0 Å². The van der Waals surface area contributed by atoms with Gasteiger partial charge in [0.15, 0.2) is 23.1 Å². The topological polar surface area (TPSA) is 83.1 Å². The summed E-state index contributed by atoms with van der Waals surface area (Å²) >= 11 is 0. The molecule has 0 aliphatic rings. The molecule has 0 saturated carbocycles. The van der Waals surface area contributed by atoms with Crippen molar-refractivity contribution in [1.82, 2.24) is 0 Å². The molecule has 0 amide bonds. The second kappa shape index (κ2) is 10.3. The third-order valence-corrected chi connectivity index (χ3v) is 6.14. The highest BCUT2D eigenvalue weighted by atomic mass is 32.2. The summed E-state index contributed by atoms with van der Waals surface area (Å²) < 4.78 is 63.1. The number of methoxy groups -OCH3 is 4. The third kappa shape index (κ3) is 5.38. The van der Waals surface area contributed by atoms with Crippen LogP contribution in [0.25, 0.3) is 12.2 Å². The number of para-hydroxylation sites is 1. The largest absolute Gasteiger partial charge is 0.494 e. The Morgan fingerprint density at radius 2 is 1.42 bits per heavy atom. The molecule has 3 aromatic carbocycles. The maximum atomic E-state index is 14.0. The molecule has 9 heteroatoms. The number of nitrogens with one attached hydrogen (secondary N) is 1. The number of hydrogen-bond donors (Lipinski definition) is 1. The maximum absolute atomic E-state index is 14.0. The Labute approximate surface area is 192 Å². The van der Waals surface area contributed by atoms with Gasteiger partial charge in [0.2, 0.25) is 5.75 Å². The summed E-state index contributed by atoms with van der Waals surface area (Å²) in [7, 11) is 1.84. The predicted molar refractivity (Wildman–Crippen MR) is 125 cm³/mol. The second-order valence-corrected chi connectivity index (χ2v) is 8.46. The first-order valence-electron chi connectivity index (χ1n) is 9.76. The molecule has 0 atom stereocenters. The Hall–Kier alpha value is -3.72. The van der Waals surface area contributed by atoms with Crippen LogP contribution in [-0.2, 0) is 10.0 Å². The summed E-state index contributed by atoms with van der Waals surface area (Å²) in [6.45, 7) is 0. The summed E-state index contributed by atoms with van der Waals surface area (Å²) in [5, 5.41) is 0. The predicted octanol–water partition coefficient (Wildman–Crippen LogP) is 4.83. The zero-order valence-electron chi connectivity index (χ0n) is 18.6. The summed E-state index contributed by atoms with van der Waals surface area (Å²) in [6.07, 6.45) is 3.53. The van der Waals surface area contributed by atoms with Crippen molar-refractivity contribution in [3.8, 4) is 23.0 Å². The lowest BCUT2D eigenvalue weighted by atomic mass is 10.1. The van der Waals surface area contributed by atoms with Crippen LogP contribution in [0.1, 0.15) is 11.1 Å². The second-order valence-electron chi connectivity index (χ2n) is 6.78. The summed E-state index contributed by atoms with van der Waals surface area (Å²) in [4.78, 5) is -0.218. The Morgan fingerprint density at radius 1 is 0.788 bits per heavy atom. The molecule has 0 radical (unpaired) electrons. The average Bonchev–Trinajstić information content (AvgIpc) is 2.82. The van der Waals surface area contributed by atoms with Crippen molar-refractivity contribution >= 4 is 27.9 Å². The summed E-state index contributed by atoms with van der Waals surface area (Å²) in [5.41, 5.74) is 1.68. The van der Waals surface area contributed by atoms with Gasteiger partial charge in [0, 0.05) is 0 Å². The molecule has 3 rings (SSSR count). The normalized spacial score (nSPS) is 11.3. The van der Waals surface area contributed by atoms with Gasteiger partial charge in [-0.05, 0) is 47.5 Å². The molecule has 3 aromatic rings. The van der Waals surface area contributed by atoms with Gasteiger partial charge in [-0.25, -0.2) is 12.8 Å². The molecule has 33 heavy (non-hydrogen) atoms. The fourth-order valence-electron chi connectivity index (χ4n) is 3.14. The van der Waals surface area contributed by atoms with Crippen molar-refractivity contribution < 1.29 is 31.8 Å². The highest BCUT2D eigenvalue weighted by Crippen LogP contribution is 2.38. The van der Waals surface area contributed by atoms with Gasteiger partial charge in [0.1, 0.15) is 0 Å². The number of ether oxygens (including phenoxy) is 4. The standard InChI is InChI=1S/C24H24FNO6S/c1-29-21-12-11-18(15-19(21)25)33(27,28)26-20-8-6-5-7-17(20)10-9-16-13-22(30-2)24(32-4)23(14-16)31-3/h5-15,26H,1-4H3/b10-9-. The minimum atomic E-state index is -4.03. The van der Waals surface area contributed by atoms with Gasteiger partial charge < -0.3 is 18.9 Å². The number of rotatable bonds is 9. The summed E-state index contributed by atoms with van der Waals surface area (Å²) in [5.74, 6) is 0.648. The van der Waals surface area contributed by atoms with Crippen LogP contribution in [0.4, 0.5) is 10.1 Å². The average molecular weight is 474 g/mol. The first-order chi connectivity index (χ1) is 15.8. The van der Waals surface area contributed by atoms with Crippen molar-refractivity contribution in [3.05, 3.63) is 71.5 Å². The molecular weight excluding hydrogens is 449 g/mol. The lowest BCUT2D eigenvalue weighted by molar-refractivity contribution is 0.324. The smallest absolute Gasteiger partial charge is 0.262 e. The van der Waals surface area contributed by atoms with Crippen LogP contribution >= 0.6 is 0 Å². The number of anilines is 1. The van der Waals surface area contributed by atoms with Crippen LogP contribution in [0.5, 0.6) is 23.0 Å². The van der Waals surface area contributed by atoms with Crippen molar-refractivity contribution in [2.45, 2.75) is 4.90 Å². The first-order valence-corrected chi connectivity index (χ1v) is 11.2. The quantitative estimate of drug-likeness (QED) is 0.448. The van der Waals surface area contributed by atoms with Crippen molar-refractivity contribution in [1.29, 1.82) is 0 Å². The monoisotopic (exact) mass is 473 g/mol. The van der Waals surface area contributed by atoms with Crippen LogP contribution in [-0.4, -0.2) is 36.9 Å². The SMILES string of the molecule is COc1ccc(S(=O)(=O)Nc2ccccc2/C=C\c2cc(OC)c(OC)c(OC)c2)cc1F. The van der Waals surface area contributed by atoms with Gasteiger partial charge in [-0.2, -0.15) is 0 Å². The molecule has 0 spiro atoms. The molecule has 174 valence electrons. The maximum Gasteiger partial charge on any atom is 0.262 e. The van der Waals surface area contributed by atoms with Gasteiger partial charge in [0.05, 0.1) is 39.0 Å². The van der Waals surface area contributed by atoms with E-state index in [-0.39, 0.29) is 10.6 Å². The molecule has 7 nitrogen and oxygen atoms in total. The van der Waals surface area contributed by atoms with E-state index in [4.69, 9.17) is 18.9 Å². The van der Waals surface area contributed by atoms with E-state index in [1.807, 2.05) is 0 Å². The molecule has 1 N–H and O–H groups in total. The Bertz CT molecular complexity index is 1250. The van der Waals surface area contributed by atoms with E-state index in [0.717, 1.165) is 11.6 Å². The van der Waals surface area contributed by atoms with Gasteiger partial charge in [-0.15, -0.1) is 0 Å². The number of halogens is 1. The molecule has 0 saturated heterocycles. The Balaban J connectivity index is 1.93.